The summed E-state index contributed by atoms with van der Waals surface area (Å²) in [6.45, 7) is 6.99. The van der Waals surface area contributed by atoms with Gasteiger partial charge in [-0.2, -0.15) is 0 Å². The Morgan fingerprint density at radius 2 is 1.79 bits per heavy atom. The highest BCUT2D eigenvalue weighted by molar-refractivity contribution is 7.17. The molecule has 3 heterocycles. The predicted molar refractivity (Wildman–Crippen MR) is 131 cm³/mol. The largest absolute Gasteiger partial charge is 0.466 e. The number of aryl methyl sites for hydroxylation is 2. The van der Waals surface area contributed by atoms with Gasteiger partial charge in [0.05, 0.1) is 24.6 Å². The number of piperidine rings is 1. The lowest BCUT2D eigenvalue weighted by Crippen LogP contribution is -2.45. The quantitative estimate of drug-likeness (QED) is 0.503. The number of likely N-dealkylation sites (tertiary alicyclic amines) is 1. The normalized spacial score (nSPS) is 14.5. The average molecular weight is 484 g/mol. The number of benzene rings is 1. The number of ether oxygens (including phenoxy) is 1. The van der Waals surface area contributed by atoms with Crippen LogP contribution >= 0.6 is 11.3 Å². The number of hydrogen-bond donors (Lipinski definition) is 0. The highest BCUT2D eigenvalue weighted by Crippen LogP contribution is 2.20. The van der Waals surface area contributed by atoms with E-state index in [1.807, 2.05) is 32.0 Å². The average Bonchev–Trinajstić information content (AvgIpc) is 3.32. The first-order valence-corrected chi connectivity index (χ1v) is 12.4. The van der Waals surface area contributed by atoms with Gasteiger partial charge < -0.3 is 9.64 Å². The lowest BCUT2D eigenvalue weighted by Gasteiger charge is -2.31. The van der Waals surface area contributed by atoms with E-state index in [1.165, 1.54) is 20.5 Å². The lowest BCUT2D eigenvalue weighted by atomic mass is 9.97. The molecule has 2 aromatic heterocycles. The van der Waals surface area contributed by atoms with E-state index >= 15 is 0 Å². The summed E-state index contributed by atoms with van der Waals surface area (Å²) < 4.78 is 8.16. The Labute approximate surface area is 201 Å². The van der Waals surface area contributed by atoms with E-state index in [1.54, 1.807) is 23.3 Å². The van der Waals surface area contributed by atoms with Gasteiger partial charge in [0.1, 0.15) is 11.2 Å². The highest BCUT2D eigenvalue weighted by atomic mass is 32.1. The molecule has 0 N–H and O–H groups in total. The van der Waals surface area contributed by atoms with E-state index in [2.05, 4.69) is 0 Å². The Kier molecular flexibility index (Phi) is 7.02. The first-order chi connectivity index (χ1) is 16.3. The van der Waals surface area contributed by atoms with Crippen molar-refractivity contribution in [2.45, 2.75) is 46.7 Å². The Morgan fingerprint density at radius 1 is 1.06 bits per heavy atom. The molecule has 0 saturated carbocycles. The molecule has 1 aliphatic rings. The number of rotatable bonds is 6. The summed E-state index contributed by atoms with van der Waals surface area (Å²) in [5, 5.41) is 1.76. The second kappa shape index (κ2) is 9.97. The molecule has 0 radical (unpaired) electrons. The third-order valence-electron chi connectivity index (χ3n) is 6.51. The molecule has 0 bridgehead atoms. The maximum atomic E-state index is 13.4. The van der Waals surface area contributed by atoms with Crippen LogP contribution in [0.4, 0.5) is 0 Å². The monoisotopic (exact) mass is 483 g/mol. The lowest BCUT2D eigenvalue weighted by molar-refractivity contribution is -0.151. The van der Waals surface area contributed by atoms with E-state index in [-0.39, 0.29) is 36.4 Å². The van der Waals surface area contributed by atoms with Gasteiger partial charge in [-0.05, 0) is 61.7 Å². The Morgan fingerprint density at radius 3 is 2.47 bits per heavy atom. The van der Waals surface area contributed by atoms with Crippen molar-refractivity contribution in [2.75, 3.05) is 19.7 Å². The van der Waals surface area contributed by atoms with Crippen molar-refractivity contribution in [1.29, 1.82) is 0 Å². The Balaban J connectivity index is 1.59. The molecule has 8 nitrogen and oxygen atoms in total. The molecule has 1 amide bonds. The third-order valence-corrected chi connectivity index (χ3v) is 7.40. The minimum Gasteiger partial charge on any atom is -0.466 e. The summed E-state index contributed by atoms with van der Waals surface area (Å²) in [6, 6.07) is 7.57. The van der Waals surface area contributed by atoms with Gasteiger partial charge in [-0.25, -0.2) is 4.79 Å². The van der Waals surface area contributed by atoms with Crippen molar-refractivity contribution < 1.29 is 14.3 Å². The van der Waals surface area contributed by atoms with Gasteiger partial charge in [-0.1, -0.05) is 18.2 Å². The summed E-state index contributed by atoms with van der Waals surface area (Å²) in [4.78, 5) is 53.2. The second-order valence-corrected chi connectivity index (χ2v) is 9.64. The zero-order chi connectivity index (χ0) is 24.4. The van der Waals surface area contributed by atoms with Crippen LogP contribution in [-0.4, -0.2) is 45.6 Å². The maximum absolute atomic E-state index is 13.4. The summed E-state index contributed by atoms with van der Waals surface area (Å²) in [6.07, 6.45) is 1.08. The fourth-order valence-electron chi connectivity index (χ4n) is 4.37. The van der Waals surface area contributed by atoms with E-state index < -0.39 is 5.69 Å². The minimum atomic E-state index is -0.496. The van der Waals surface area contributed by atoms with Crippen LogP contribution in [0.15, 0.2) is 39.2 Å². The van der Waals surface area contributed by atoms with Crippen LogP contribution in [0.3, 0.4) is 0 Å². The Hall–Kier alpha value is -3.20. The van der Waals surface area contributed by atoms with Crippen LogP contribution in [0.25, 0.3) is 10.2 Å². The predicted octanol–water partition coefficient (Wildman–Crippen LogP) is 2.69. The zero-order valence-corrected chi connectivity index (χ0v) is 20.5. The molecule has 0 unspecified atom stereocenters. The molecular weight excluding hydrogens is 454 g/mol. The zero-order valence-electron chi connectivity index (χ0n) is 19.7. The van der Waals surface area contributed by atoms with E-state index in [0.717, 1.165) is 16.7 Å². The molecule has 0 spiro atoms. The maximum Gasteiger partial charge on any atom is 0.332 e. The number of aromatic nitrogens is 2. The van der Waals surface area contributed by atoms with Crippen molar-refractivity contribution in [2.24, 2.45) is 5.92 Å². The molecular formula is C25H29N3O5S. The Bertz CT molecular complexity index is 1340. The number of hydrogen-bond acceptors (Lipinski definition) is 6. The fraction of sp³-hybridized carbons (Fsp3) is 0.440. The number of carbonyl (C=O) groups excluding carboxylic acids is 2. The van der Waals surface area contributed by atoms with Crippen LogP contribution in [0.5, 0.6) is 0 Å². The van der Waals surface area contributed by atoms with Gasteiger partial charge >= 0.3 is 11.7 Å². The summed E-state index contributed by atoms with van der Waals surface area (Å²) in [5.41, 5.74) is 2.73. The number of fused-ring (bicyclic) bond motifs is 1. The molecule has 9 heteroatoms. The van der Waals surface area contributed by atoms with Crippen LogP contribution in [0.2, 0.25) is 0 Å². The molecule has 4 rings (SSSR count). The van der Waals surface area contributed by atoms with E-state index in [9.17, 15) is 19.2 Å². The second-order valence-electron chi connectivity index (χ2n) is 8.72. The molecule has 3 aromatic rings. The molecule has 1 saturated heterocycles. The summed E-state index contributed by atoms with van der Waals surface area (Å²) in [7, 11) is 0. The fourth-order valence-corrected chi connectivity index (χ4v) is 5.21. The highest BCUT2D eigenvalue weighted by Gasteiger charge is 2.29. The number of esters is 1. The SMILES string of the molecule is CCOC(=O)C1CCN(C(=O)Cn2c(=O)n(Cc3ccc(C)c(C)c3)c(=O)c3sccc32)CC1. The van der Waals surface area contributed by atoms with Crippen LogP contribution in [-0.2, 0) is 27.4 Å². The van der Waals surface area contributed by atoms with Gasteiger partial charge in [0.2, 0.25) is 5.91 Å². The first kappa shape index (κ1) is 23.9. The third kappa shape index (κ3) is 4.70. The topological polar surface area (TPSA) is 90.6 Å². The van der Waals surface area contributed by atoms with E-state index in [0.29, 0.717) is 42.8 Å². The number of amides is 1. The number of carbonyl (C=O) groups is 2. The van der Waals surface area contributed by atoms with Crippen molar-refractivity contribution in [3.8, 4) is 0 Å². The van der Waals surface area contributed by atoms with Gasteiger partial charge in [0.25, 0.3) is 5.56 Å². The van der Waals surface area contributed by atoms with Gasteiger partial charge in [0, 0.05) is 13.1 Å². The van der Waals surface area contributed by atoms with Crippen molar-refractivity contribution in [3.63, 3.8) is 0 Å². The minimum absolute atomic E-state index is 0.145. The standard InChI is InChI=1S/C25H29N3O5S/c1-4-33-24(31)19-7-10-26(11-8-19)21(29)15-27-20-9-12-34-22(20)23(30)28(25(27)32)14-18-6-5-16(2)17(3)13-18/h5-6,9,12-13,19H,4,7-8,10-11,14-15H2,1-3H3. The van der Waals surface area contributed by atoms with Crippen LogP contribution < -0.4 is 11.2 Å². The van der Waals surface area contributed by atoms with Crippen molar-refractivity contribution in [3.05, 3.63) is 67.2 Å². The van der Waals surface area contributed by atoms with Gasteiger partial charge in [0.15, 0.2) is 0 Å². The number of thiophene rings is 1. The van der Waals surface area contributed by atoms with Crippen molar-refractivity contribution >= 4 is 33.4 Å². The molecule has 34 heavy (non-hydrogen) atoms. The smallest absolute Gasteiger partial charge is 0.332 e. The molecule has 1 fully saturated rings. The first-order valence-electron chi connectivity index (χ1n) is 11.5. The molecule has 1 aromatic carbocycles. The number of nitrogens with zero attached hydrogens (tertiary/aromatic N) is 3. The molecule has 180 valence electrons. The molecule has 0 atom stereocenters. The molecule has 0 aliphatic carbocycles. The molecule has 1 aliphatic heterocycles. The van der Waals surface area contributed by atoms with E-state index in [4.69, 9.17) is 4.74 Å². The van der Waals surface area contributed by atoms with Crippen LogP contribution in [0.1, 0.15) is 36.5 Å². The van der Waals surface area contributed by atoms with Gasteiger partial charge in [-0.3, -0.25) is 23.5 Å². The summed E-state index contributed by atoms with van der Waals surface area (Å²) in [5.74, 6) is -0.618. The van der Waals surface area contributed by atoms with Crippen LogP contribution in [0, 0.1) is 19.8 Å². The summed E-state index contributed by atoms with van der Waals surface area (Å²) >= 11 is 1.27. The van der Waals surface area contributed by atoms with Crippen molar-refractivity contribution in [1.82, 2.24) is 14.0 Å². The van der Waals surface area contributed by atoms with Gasteiger partial charge in [-0.15, -0.1) is 11.3 Å².